The minimum Gasteiger partial charge on any atom is -0.458 e. The van der Waals surface area contributed by atoms with E-state index in [0.29, 0.717) is 11.3 Å². The van der Waals surface area contributed by atoms with Crippen molar-refractivity contribution in [3.63, 3.8) is 0 Å². The Labute approximate surface area is 196 Å². The van der Waals surface area contributed by atoms with Crippen LogP contribution >= 0.6 is 0 Å². The highest BCUT2D eigenvalue weighted by molar-refractivity contribution is 5.89. The quantitative estimate of drug-likeness (QED) is 0.354. The van der Waals surface area contributed by atoms with Gasteiger partial charge in [0.1, 0.15) is 16.8 Å². The maximum absolute atomic E-state index is 13.1. The van der Waals surface area contributed by atoms with Crippen LogP contribution in [0.2, 0.25) is 0 Å². The van der Waals surface area contributed by atoms with Gasteiger partial charge in [-0.25, -0.2) is 14.4 Å². The maximum Gasteiger partial charge on any atom is 0.408 e. The largest absolute Gasteiger partial charge is 0.458 e. The Morgan fingerprint density at radius 2 is 1.36 bits per heavy atom. The van der Waals surface area contributed by atoms with Crippen molar-refractivity contribution in [1.29, 1.82) is 0 Å². The first-order valence-corrected chi connectivity index (χ1v) is 10.8. The number of benzene rings is 1. The number of alkyl carbamates (subject to hydrolysis) is 1. The smallest absolute Gasteiger partial charge is 0.408 e. The number of nitrogen functional groups attached to an aromatic ring is 1. The fraction of sp³-hybridized carbons (Fsp3) is 0.625. The summed E-state index contributed by atoms with van der Waals surface area (Å²) in [4.78, 5) is 38.6. The zero-order valence-corrected chi connectivity index (χ0v) is 21.1. The molecule has 0 saturated carbocycles. The minimum absolute atomic E-state index is 0.0652. The van der Waals surface area contributed by atoms with Crippen LogP contribution in [0, 0.1) is 0 Å². The lowest BCUT2D eigenvalue weighted by Crippen LogP contribution is -2.56. The molecular weight excluding hydrogens is 428 g/mol. The SMILES string of the molecule is CC(C)(C)OC(=O)N[C@H](C(=O)OC(C)(C)C)[C@H](OCc1cccc(N)c1)C(=O)OC(C)(C)C. The molecule has 1 aromatic rings. The third kappa shape index (κ3) is 11.6. The van der Waals surface area contributed by atoms with Crippen molar-refractivity contribution in [1.82, 2.24) is 5.32 Å². The molecule has 1 amide bonds. The van der Waals surface area contributed by atoms with Crippen LogP contribution in [-0.4, -0.2) is 47.0 Å². The van der Waals surface area contributed by atoms with Gasteiger partial charge in [-0.3, -0.25) is 0 Å². The van der Waals surface area contributed by atoms with E-state index in [1.165, 1.54) is 0 Å². The molecule has 3 N–H and O–H groups in total. The molecule has 1 aromatic carbocycles. The van der Waals surface area contributed by atoms with Gasteiger partial charge in [-0.2, -0.15) is 0 Å². The number of nitrogens with one attached hydrogen (secondary N) is 1. The number of esters is 2. The Bertz CT molecular complexity index is 832. The van der Waals surface area contributed by atoms with Crippen molar-refractivity contribution in [2.45, 2.75) is 97.9 Å². The summed E-state index contributed by atoms with van der Waals surface area (Å²) in [6.45, 7) is 15.0. The van der Waals surface area contributed by atoms with Crippen molar-refractivity contribution < 1.29 is 33.3 Å². The van der Waals surface area contributed by atoms with Gasteiger partial charge in [-0.1, -0.05) is 12.1 Å². The summed E-state index contributed by atoms with van der Waals surface area (Å²) >= 11 is 0. The average Bonchev–Trinajstić information content (AvgIpc) is 2.56. The van der Waals surface area contributed by atoms with Crippen LogP contribution in [-0.2, 0) is 35.1 Å². The molecule has 0 spiro atoms. The van der Waals surface area contributed by atoms with E-state index < -0.39 is 47.0 Å². The second-order valence-electron chi connectivity index (χ2n) is 10.7. The van der Waals surface area contributed by atoms with Crippen LogP contribution in [0.3, 0.4) is 0 Å². The topological polar surface area (TPSA) is 126 Å². The molecule has 0 unspecified atom stereocenters. The third-order valence-electron chi connectivity index (χ3n) is 3.66. The molecule has 186 valence electrons. The summed E-state index contributed by atoms with van der Waals surface area (Å²) < 4.78 is 22.0. The van der Waals surface area contributed by atoms with Crippen LogP contribution in [0.5, 0.6) is 0 Å². The van der Waals surface area contributed by atoms with Gasteiger partial charge in [0.25, 0.3) is 0 Å². The maximum atomic E-state index is 13.1. The predicted molar refractivity (Wildman–Crippen MR) is 124 cm³/mol. The van der Waals surface area contributed by atoms with E-state index in [1.807, 2.05) is 0 Å². The van der Waals surface area contributed by atoms with Gasteiger partial charge >= 0.3 is 18.0 Å². The second kappa shape index (κ2) is 10.9. The molecule has 0 aliphatic heterocycles. The molecule has 33 heavy (non-hydrogen) atoms. The van der Waals surface area contributed by atoms with Gasteiger partial charge < -0.3 is 30.0 Å². The molecular formula is C24H38N2O7. The Morgan fingerprint density at radius 3 is 1.85 bits per heavy atom. The first-order chi connectivity index (χ1) is 14.9. The predicted octanol–water partition coefficient (Wildman–Crippen LogP) is 3.73. The molecule has 2 atom stereocenters. The van der Waals surface area contributed by atoms with E-state index in [0.717, 1.165) is 0 Å². The fourth-order valence-electron chi connectivity index (χ4n) is 2.59. The number of nitrogens with two attached hydrogens (primary N) is 1. The van der Waals surface area contributed by atoms with Gasteiger partial charge in [-0.05, 0) is 80.0 Å². The molecule has 1 rings (SSSR count). The lowest BCUT2D eigenvalue weighted by atomic mass is 10.1. The van der Waals surface area contributed by atoms with Crippen molar-refractivity contribution in [2.75, 3.05) is 5.73 Å². The highest BCUT2D eigenvalue weighted by Crippen LogP contribution is 2.19. The van der Waals surface area contributed by atoms with E-state index in [-0.39, 0.29) is 6.61 Å². The zero-order valence-electron chi connectivity index (χ0n) is 21.1. The molecule has 9 heteroatoms. The monoisotopic (exact) mass is 466 g/mol. The summed E-state index contributed by atoms with van der Waals surface area (Å²) in [6.07, 6.45) is -2.41. The zero-order chi connectivity index (χ0) is 25.6. The van der Waals surface area contributed by atoms with E-state index in [2.05, 4.69) is 5.32 Å². The summed E-state index contributed by atoms with van der Waals surface area (Å²) in [5.74, 6) is -1.70. The standard InChI is InChI=1S/C24H38N2O7/c1-22(2,3)31-19(27)17(26-21(29)33-24(7,8)9)18(20(28)32-23(4,5)6)30-14-15-11-10-12-16(25)13-15/h10-13,17-18H,14,25H2,1-9H3,(H,26,29)/t17-,18-/m0/s1. The van der Waals surface area contributed by atoms with Gasteiger partial charge in [0, 0.05) is 5.69 Å². The molecule has 0 aliphatic rings. The first kappa shape index (κ1) is 28.2. The normalized spacial score (nSPS) is 14.1. The number of carbonyl (C=O) groups excluding carboxylic acids is 3. The Morgan fingerprint density at radius 1 is 0.848 bits per heavy atom. The van der Waals surface area contributed by atoms with Gasteiger partial charge in [0.15, 0.2) is 12.1 Å². The average molecular weight is 467 g/mol. The van der Waals surface area contributed by atoms with Crippen LogP contribution in [0.15, 0.2) is 24.3 Å². The summed E-state index contributed by atoms with van der Waals surface area (Å²) in [6, 6.07) is 5.36. The summed E-state index contributed by atoms with van der Waals surface area (Å²) in [7, 11) is 0. The lowest BCUT2D eigenvalue weighted by molar-refractivity contribution is -0.180. The number of amides is 1. The Balaban J connectivity index is 3.30. The molecule has 9 nitrogen and oxygen atoms in total. The Hall–Kier alpha value is -2.81. The van der Waals surface area contributed by atoms with Crippen LogP contribution in [0.25, 0.3) is 0 Å². The molecule has 0 aliphatic carbocycles. The van der Waals surface area contributed by atoms with Gasteiger partial charge in [-0.15, -0.1) is 0 Å². The van der Waals surface area contributed by atoms with Gasteiger partial charge in [0.2, 0.25) is 0 Å². The van der Waals surface area contributed by atoms with Crippen molar-refractivity contribution in [3.05, 3.63) is 29.8 Å². The summed E-state index contributed by atoms with van der Waals surface area (Å²) in [5.41, 5.74) is 4.43. The second-order valence-corrected chi connectivity index (χ2v) is 10.7. The highest BCUT2D eigenvalue weighted by atomic mass is 16.6. The first-order valence-electron chi connectivity index (χ1n) is 10.8. The van der Waals surface area contributed by atoms with Crippen LogP contribution in [0.1, 0.15) is 67.9 Å². The van der Waals surface area contributed by atoms with Crippen LogP contribution < -0.4 is 11.1 Å². The molecule has 0 bridgehead atoms. The lowest BCUT2D eigenvalue weighted by Gasteiger charge is -2.31. The number of hydrogen-bond acceptors (Lipinski definition) is 8. The molecule has 0 saturated heterocycles. The number of rotatable bonds is 7. The molecule has 0 fully saturated rings. The number of hydrogen-bond donors (Lipinski definition) is 2. The number of carbonyl (C=O) groups is 3. The minimum atomic E-state index is -1.52. The van der Waals surface area contributed by atoms with Crippen molar-refractivity contribution in [3.8, 4) is 0 Å². The van der Waals surface area contributed by atoms with Gasteiger partial charge in [0.05, 0.1) is 6.61 Å². The molecule has 0 aromatic heterocycles. The van der Waals surface area contributed by atoms with Crippen LogP contribution in [0.4, 0.5) is 10.5 Å². The number of anilines is 1. The number of ether oxygens (including phenoxy) is 4. The Kier molecular flexibility index (Phi) is 9.30. The van der Waals surface area contributed by atoms with E-state index in [1.54, 1.807) is 86.6 Å². The fourth-order valence-corrected chi connectivity index (χ4v) is 2.59. The third-order valence-corrected chi connectivity index (χ3v) is 3.66. The highest BCUT2D eigenvalue weighted by Gasteiger charge is 2.42. The molecule has 0 radical (unpaired) electrons. The van der Waals surface area contributed by atoms with Crippen molar-refractivity contribution in [2.24, 2.45) is 0 Å². The van der Waals surface area contributed by atoms with E-state index in [4.69, 9.17) is 24.7 Å². The summed E-state index contributed by atoms with van der Waals surface area (Å²) in [5, 5.41) is 2.42. The van der Waals surface area contributed by atoms with E-state index in [9.17, 15) is 14.4 Å². The van der Waals surface area contributed by atoms with E-state index >= 15 is 0 Å². The van der Waals surface area contributed by atoms with Crippen molar-refractivity contribution >= 4 is 23.7 Å². The molecule has 0 heterocycles.